The average molecular weight is 254 g/mol. The number of rotatable bonds is 4. The second kappa shape index (κ2) is 8.05. The third kappa shape index (κ3) is 4.75. The predicted octanol–water partition coefficient (Wildman–Crippen LogP) is 5.35. The van der Waals surface area contributed by atoms with Gasteiger partial charge in [0.15, 0.2) is 0 Å². The minimum atomic E-state index is 0.650. The summed E-state index contributed by atoms with van der Waals surface area (Å²) in [6.45, 7) is 2.26. The highest BCUT2D eigenvalue weighted by molar-refractivity contribution is 5.41. The summed E-state index contributed by atoms with van der Waals surface area (Å²) in [5.41, 5.74) is 2.71. The van der Waals surface area contributed by atoms with Crippen LogP contribution in [0.2, 0.25) is 0 Å². The summed E-state index contributed by atoms with van der Waals surface area (Å²) in [7, 11) is 0. The van der Waals surface area contributed by atoms with Gasteiger partial charge >= 0.3 is 0 Å². The molecule has 1 aromatic carbocycles. The Balaban J connectivity index is 2.00. The smallest absolute Gasteiger partial charge is 0.0277 e. The van der Waals surface area contributed by atoms with Gasteiger partial charge in [-0.05, 0) is 37.3 Å². The summed E-state index contributed by atoms with van der Waals surface area (Å²) in [6, 6.07) is 8.71. The van der Waals surface area contributed by atoms with Crippen molar-refractivity contribution >= 4 is 0 Å². The van der Waals surface area contributed by atoms with Crippen molar-refractivity contribution in [1.29, 1.82) is 0 Å². The van der Waals surface area contributed by atoms with E-state index in [9.17, 15) is 0 Å². The second-order valence-corrected chi connectivity index (χ2v) is 5.72. The molecule has 0 N–H and O–H groups in total. The number of hydrogen-bond donors (Lipinski definition) is 0. The first-order chi connectivity index (χ1) is 9.40. The van der Waals surface area contributed by atoms with Gasteiger partial charge in [0.2, 0.25) is 0 Å². The molecule has 0 bridgehead atoms. The van der Waals surface area contributed by atoms with Crippen LogP contribution in [0.3, 0.4) is 0 Å². The van der Waals surface area contributed by atoms with Gasteiger partial charge in [0.1, 0.15) is 0 Å². The molecule has 0 heteroatoms. The number of hydrogen-bond acceptors (Lipinski definition) is 0. The summed E-state index contributed by atoms with van der Waals surface area (Å²) in [5.74, 6) is 7.63. The fourth-order valence-electron chi connectivity index (χ4n) is 2.85. The van der Waals surface area contributed by atoms with Gasteiger partial charge in [-0.2, -0.15) is 0 Å². The minimum Gasteiger partial charge on any atom is -0.0945 e. The molecule has 2 rings (SSSR count). The summed E-state index contributed by atoms with van der Waals surface area (Å²) >= 11 is 0. The van der Waals surface area contributed by atoms with Gasteiger partial charge in [-0.1, -0.05) is 69.1 Å². The Morgan fingerprint density at radius 2 is 1.84 bits per heavy atom. The molecule has 0 saturated heterocycles. The lowest BCUT2D eigenvalue weighted by Gasteiger charge is -2.15. The number of aryl methyl sites for hydroxylation is 1. The van der Waals surface area contributed by atoms with E-state index in [0.717, 1.165) is 0 Å². The van der Waals surface area contributed by atoms with E-state index in [-0.39, 0.29) is 0 Å². The molecule has 0 radical (unpaired) electrons. The van der Waals surface area contributed by atoms with Gasteiger partial charge < -0.3 is 0 Å². The Morgan fingerprint density at radius 1 is 1.05 bits per heavy atom. The Bertz CT molecular complexity index is 427. The largest absolute Gasteiger partial charge is 0.0945 e. The van der Waals surface area contributed by atoms with Crippen LogP contribution in [0.5, 0.6) is 0 Å². The molecule has 0 unspecified atom stereocenters. The maximum atomic E-state index is 3.52. The van der Waals surface area contributed by atoms with E-state index in [4.69, 9.17) is 0 Å². The van der Waals surface area contributed by atoms with E-state index in [1.54, 1.807) is 0 Å². The van der Waals surface area contributed by atoms with Crippen molar-refractivity contribution in [2.24, 2.45) is 5.92 Å². The van der Waals surface area contributed by atoms with Crippen molar-refractivity contribution in [2.75, 3.05) is 0 Å². The highest BCUT2D eigenvalue weighted by atomic mass is 14.1. The van der Waals surface area contributed by atoms with Crippen LogP contribution in [0.4, 0.5) is 0 Å². The van der Waals surface area contributed by atoms with Crippen LogP contribution in [-0.2, 0) is 6.42 Å². The molecule has 1 aromatic rings. The van der Waals surface area contributed by atoms with Crippen molar-refractivity contribution < 1.29 is 0 Å². The van der Waals surface area contributed by atoms with E-state index in [0.29, 0.717) is 5.92 Å². The molecule has 1 saturated carbocycles. The first-order valence-electron chi connectivity index (χ1n) is 7.99. The summed E-state index contributed by atoms with van der Waals surface area (Å²) in [5, 5.41) is 0. The van der Waals surface area contributed by atoms with E-state index in [1.165, 1.54) is 68.9 Å². The van der Waals surface area contributed by atoms with Gasteiger partial charge in [0.25, 0.3) is 0 Å². The molecule has 102 valence electrons. The third-order valence-corrected chi connectivity index (χ3v) is 4.08. The highest BCUT2D eigenvalue weighted by Gasteiger charge is 2.10. The molecular formula is C19H26. The maximum absolute atomic E-state index is 3.52. The normalized spacial score (nSPS) is 15.8. The molecule has 0 spiro atoms. The second-order valence-electron chi connectivity index (χ2n) is 5.72. The summed E-state index contributed by atoms with van der Waals surface area (Å²) in [4.78, 5) is 0. The van der Waals surface area contributed by atoms with Crippen molar-refractivity contribution in [3.05, 3.63) is 35.4 Å². The first kappa shape index (κ1) is 14.2. The SMILES string of the molecule is CCCCCc1ccccc1C#CC1CCCCC1. The van der Waals surface area contributed by atoms with Gasteiger partial charge in [0, 0.05) is 11.5 Å². The highest BCUT2D eigenvalue weighted by Crippen LogP contribution is 2.23. The zero-order chi connectivity index (χ0) is 13.3. The van der Waals surface area contributed by atoms with E-state index < -0.39 is 0 Å². The van der Waals surface area contributed by atoms with Crippen LogP contribution in [0.25, 0.3) is 0 Å². The van der Waals surface area contributed by atoms with Crippen LogP contribution in [-0.4, -0.2) is 0 Å². The molecule has 1 aliphatic carbocycles. The molecule has 1 fully saturated rings. The van der Waals surface area contributed by atoms with Crippen LogP contribution >= 0.6 is 0 Å². The molecule has 0 aromatic heterocycles. The Hall–Kier alpha value is -1.22. The van der Waals surface area contributed by atoms with Gasteiger partial charge in [0.05, 0.1) is 0 Å². The standard InChI is InChI=1S/C19H26/c1-2-3-5-12-18-13-8-9-14-19(18)16-15-17-10-6-4-7-11-17/h8-9,13-14,17H,2-7,10-12H2,1H3. The predicted molar refractivity (Wildman–Crippen MR) is 83.1 cm³/mol. The van der Waals surface area contributed by atoms with Crippen LogP contribution in [0.15, 0.2) is 24.3 Å². The van der Waals surface area contributed by atoms with Crippen LogP contribution in [0, 0.1) is 17.8 Å². The Kier molecular flexibility index (Phi) is 6.02. The van der Waals surface area contributed by atoms with Crippen LogP contribution < -0.4 is 0 Å². The van der Waals surface area contributed by atoms with Crippen molar-refractivity contribution in [3.8, 4) is 11.8 Å². The monoisotopic (exact) mass is 254 g/mol. The van der Waals surface area contributed by atoms with E-state index in [2.05, 4.69) is 43.0 Å². The lowest BCUT2D eigenvalue weighted by molar-refractivity contribution is 0.430. The van der Waals surface area contributed by atoms with Gasteiger partial charge in [-0.25, -0.2) is 0 Å². The van der Waals surface area contributed by atoms with Gasteiger partial charge in [-0.15, -0.1) is 0 Å². The topological polar surface area (TPSA) is 0 Å². The molecular weight excluding hydrogens is 228 g/mol. The number of benzene rings is 1. The molecule has 0 amide bonds. The lowest BCUT2D eigenvalue weighted by atomic mass is 9.89. The Morgan fingerprint density at radius 3 is 2.63 bits per heavy atom. The van der Waals surface area contributed by atoms with Crippen molar-refractivity contribution in [3.63, 3.8) is 0 Å². The van der Waals surface area contributed by atoms with Crippen molar-refractivity contribution in [2.45, 2.75) is 64.7 Å². The molecule has 0 heterocycles. The number of unbranched alkanes of at least 4 members (excludes halogenated alkanes) is 2. The third-order valence-electron chi connectivity index (χ3n) is 4.08. The Labute approximate surface area is 118 Å². The van der Waals surface area contributed by atoms with E-state index >= 15 is 0 Å². The molecule has 0 atom stereocenters. The molecule has 19 heavy (non-hydrogen) atoms. The zero-order valence-electron chi connectivity index (χ0n) is 12.3. The maximum Gasteiger partial charge on any atom is 0.0277 e. The van der Waals surface area contributed by atoms with Crippen LogP contribution in [0.1, 0.15) is 69.4 Å². The fourth-order valence-corrected chi connectivity index (χ4v) is 2.85. The average Bonchev–Trinajstić information content (AvgIpc) is 2.48. The summed E-state index contributed by atoms with van der Waals surface area (Å²) in [6.07, 6.45) is 11.9. The van der Waals surface area contributed by atoms with E-state index in [1.807, 2.05) is 0 Å². The summed E-state index contributed by atoms with van der Waals surface area (Å²) < 4.78 is 0. The van der Waals surface area contributed by atoms with Gasteiger partial charge in [-0.3, -0.25) is 0 Å². The fraction of sp³-hybridized carbons (Fsp3) is 0.579. The zero-order valence-corrected chi connectivity index (χ0v) is 12.3. The molecule has 1 aliphatic rings. The lowest BCUT2D eigenvalue weighted by Crippen LogP contribution is -2.03. The molecule has 0 aliphatic heterocycles. The molecule has 0 nitrogen and oxygen atoms in total. The minimum absolute atomic E-state index is 0.650. The quantitative estimate of drug-likeness (QED) is 0.502. The first-order valence-corrected chi connectivity index (χ1v) is 7.99. The van der Waals surface area contributed by atoms with Crippen molar-refractivity contribution in [1.82, 2.24) is 0 Å².